The number of carbonyl (C=O) groups is 1. The van der Waals surface area contributed by atoms with E-state index in [0.29, 0.717) is 45.4 Å². The van der Waals surface area contributed by atoms with E-state index < -0.39 is 11.6 Å². The summed E-state index contributed by atoms with van der Waals surface area (Å²) in [5, 5.41) is 21.4. The van der Waals surface area contributed by atoms with E-state index in [9.17, 15) is 9.90 Å². The predicted octanol–water partition coefficient (Wildman–Crippen LogP) is -0.171. The SMILES string of the molecule is O=C(O)C1CCC(O)(CNN2CCOCC2)CC1. The minimum atomic E-state index is -0.760. The van der Waals surface area contributed by atoms with E-state index >= 15 is 0 Å². The smallest absolute Gasteiger partial charge is 0.306 e. The third kappa shape index (κ3) is 3.65. The van der Waals surface area contributed by atoms with Crippen LogP contribution >= 0.6 is 0 Å². The van der Waals surface area contributed by atoms with Gasteiger partial charge in [-0.05, 0) is 25.7 Å². The normalized spacial score (nSPS) is 34.4. The summed E-state index contributed by atoms with van der Waals surface area (Å²) in [7, 11) is 0. The number of ether oxygens (including phenoxy) is 1. The van der Waals surface area contributed by atoms with E-state index in [-0.39, 0.29) is 5.92 Å². The molecule has 1 heterocycles. The fourth-order valence-electron chi connectivity index (χ4n) is 2.56. The fourth-order valence-corrected chi connectivity index (χ4v) is 2.56. The zero-order valence-electron chi connectivity index (χ0n) is 10.6. The van der Waals surface area contributed by atoms with Crippen molar-refractivity contribution in [2.75, 3.05) is 32.8 Å². The van der Waals surface area contributed by atoms with Crippen molar-refractivity contribution in [1.29, 1.82) is 0 Å². The molecule has 0 bridgehead atoms. The van der Waals surface area contributed by atoms with Crippen LogP contribution in [0.25, 0.3) is 0 Å². The van der Waals surface area contributed by atoms with Gasteiger partial charge >= 0.3 is 5.97 Å². The first-order valence-corrected chi connectivity index (χ1v) is 6.60. The van der Waals surface area contributed by atoms with Crippen molar-refractivity contribution in [3.8, 4) is 0 Å². The number of carboxylic acid groups (broad SMARTS) is 1. The lowest BCUT2D eigenvalue weighted by Gasteiger charge is -2.37. The molecule has 1 saturated heterocycles. The van der Waals surface area contributed by atoms with Gasteiger partial charge in [0.1, 0.15) is 0 Å². The van der Waals surface area contributed by atoms with Crippen molar-refractivity contribution in [2.24, 2.45) is 5.92 Å². The summed E-state index contributed by atoms with van der Waals surface area (Å²) < 4.78 is 5.25. The van der Waals surface area contributed by atoms with Gasteiger partial charge < -0.3 is 14.9 Å². The molecule has 0 radical (unpaired) electrons. The number of hydrogen-bond donors (Lipinski definition) is 3. The Kier molecular flexibility index (Phi) is 4.55. The Hall–Kier alpha value is -0.690. The van der Waals surface area contributed by atoms with Crippen LogP contribution in [0.5, 0.6) is 0 Å². The molecule has 2 aliphatic rings. The lowest BCUT2D eigenvalue weighted by atomic mass is 9.79. The molecule has 2 fully saturated rings. The number of carboxylic acids is 1. The molecule has 0 spiro atoms. The summed E-state index contributed by atoms with van der Waals surface area (Å²) in [6, 6.07) is 0. The van der Waals surface area contributed by atoms with Gasteiger partial charge in [-0.25, -0.2) is 5.01 Å². The van der Waals surface area contributed by atoms with Gasteiger partial charge in [0.05, 0.1) is 24.7 Å². The van der Waals surface area contributed by atoms with Crippen LogP contribution in [0.15, 0.2) is 0 Å². The van der Waals surface area contributed by atoms with Crippen molar-refractivity contribution >= 4 is 5.97 Å². The summed E-state index contributed by atoms with van der Waals surface area (Å²) >= 11 is 0. The number of aliphatic carboxylic acids is 1. The summed E-state index contributed by atoms with van der Waals surface area (Å²) in [4.78, 5) is 10.9. The lowest BCUT2D eigenvalue weighted by molar-refractivity contribution is -0.145. The number of nitrogens with one attached hydrogen (secondary N) is 1. The van der Waals surface area contributed by atoms with Gasteiger partial charge in [-0.15, -0.1) is 0 Å². The van der Waals surface area contributed by atoms with E-state index in [1.54, 1.807) is 0 Å². The van der Waals surface area contributed by atoms with E-state index in [1.165, 1.54) is 0 Å². The molecular weight excluding hydrogens is 236 g/mol. The predicted molar refractivity (Wildman–Crippen MR) is 64.9 cm³/mol. The zero-order chi connectivity index (χ0) is 13.0. The first-order valence-electron chi connectivity index (χ1n) is 6.60. The molecule has 0 amide bonds. The van der Waals surface area contributed by atoms with E-state index in [2.05, 4.69) is 10.4 Å². The highest BCUT2D eigenvalue weighted by atomic mass is 16.5. The molecular formula is C12H22N2O4. The molecule has 18 heavy (non-hydrogen) atoms. The van der Waals surface area contributed by atoms with Crippen molar-refractivity contribution in [3.63, 3.8) is 0 Å². The van der Waals surface area contributed by atoms with E-state index in [0.717, 1.165) is 13.1 Å². The van der Waals surface area contributed by atoms with Crippen molar-refractivity contribution in [2.45, 2.75) is 31.3 Å². The van der Waals surface area contributed by atoms with Crippen LogP contribution in [0.2, 0.25) is 0 Å². The Balaban J connectivity index is 1.73. The Bertz CT molecular complexity index is 284. The Labute approximate surface area is 107 Å². The number of hydrogen-bond acceptors (Lipinski definition) is 5. The Morgan fingerprint density at radius 2 is 1.94 bits per heavy atom. The van der Waals surface area contributed by atoms with E-state index in [1.807, 2.05) is 0 Å². The number of rotatable bonds is 4. The van der Waals surface area contributed by atoms with Crippen molar-refractivity contribution < 1.29 is 19.7 Å². The molecule has 0 atom stereocenters. The second kappa shape index (κ2) is 5.97. The second-order valence-corrected chi connectivity index (χ2v) is 5.27. The maximum absolute atomic E-state index is 10.9. The molecule has 0 aromatic heterocycles. The molecule has 0 aromatic carbocycles. The third-order valence-corrected chi connectivity index (χ3v) is 3.91. The quantitative estimate of drug-likeness (QED) is 0.649. The number of hydrazine groups is 1. The highest BCUT2D eigenvalue weighted by molar-refractivity contribution is 5.70. The van der Waals surface area contributed by atoms with Crippen LogP contribution in [0.3, 0.4) is 0 Å². The van der Waals surface area contributed by atoms with Crippen LogP contribution in [-0.4, -0.2) is 59.6 Å². The summed E-state index contributed by atoms with van der Waals surface area (Å²) in [6.07, 6.45) is 2.25. The Morgan fingerprint density at radius 1 is 1.33 bits per heavy atom. The molecule has 1 aliphatic heterocycles. The monoisotopic (exact) mass is 258 g/mol. The maximum Gasteiger partial charge on any atom is 0.306 e. The summed E-state index contributed by atoms with van der Waals surface area (Å²) in [5.41, 5.74) is 2.47. The summed E-state index contributed by atoms with van der Waals surface area (Å²) in [5.74, 6) is -1.02. The largest absolute Gasteiger partial charge is 0.481 e. The molecule has 1 aliphatic carbocycles. The van der Waals surface area contributed by atoms with E-state index in [4.69, 9.17) is 9.84 Å². The van der Waals surface area contributed by atoms with Gasteiger partial charge in [-0.3, -0.25) is 10.2 Å². The van der Waals surface area contributed by atoms with Gasteiger partial charge in [-0.2, -0.15) is 0 Å². The molecule has 0 unspecified atom stereocenters. The van der Waals surface area contributed by atoms with Crippen LogP contribution in [0.4, 0.5) is 0 Å². The van der Waals surface area contributed by atoms with Gasteiger partial charge in [0.25, 0.3) is 0 Å². The number of aliphatic hydroxyl groups is 1. The summed E-state index contributed by atoms with van der Waals surface area (Å²) in [6.45, 7) is 3.58. The first kappa shape index (κ1) is 13.7. The van der Waals surface area contributed by atoms with Crippen molar-refractivity contribution in [3.05, 3.63) is 0 Å². The third-order valence-electron chi connectivity index (χ3n) is 3.91. The number of morpholine rings is 1. The molecule has 6 nitrogen and oxygen atoms in total. The lowest BCUT2D eigenvalue weighted by Crippen LogP contribution is -2.53. The molecule has 0 aromatic rings. The average Bonchev–Trinajstić information content (AvgIpc) is 2.38. The fraction of sp³-hybridized carbons (Fsp3) is 0.917. The number of nitrogens with zero attached hydrogens (tertiary/aromatic N) is 1. The second-order valence-electron chi connectivity index (χ2n) is 5.27. The van der Waals surface area contributed by atoms with Crippen LogP contribution in [0.1, 0.15) is 25.7 Å². The standard InChI is InChI=1S/C12H22N2O4/c15-11(16)10-1-3-12(17,4-2-10)9-13-14-5-7-18-8-6-14/h10,13,17H,1-9H2,(H,15,16). The minimum Gasteiger partial charge on any atom is -0.481 e. The Morgan fingerprint density at radius 3 is 2.50 bits per heavy atom. The molecule has 1 saturated carbocycles. The minimum absolute atomic E-state index is 0.284. The van der Waals surface area contributed by atoms with Gasteiger partial charge in [0.15, 0.2) is 0 Å². The van der Waals surface area contributed by atoms with Crippen LogP contribution in [-0.2, 0) is 9.53 Å². The zero-order valence-corrected chi connectivity index (χ0v) is 10.6. The van der Waals surface area contributed by atoms with Crippen LogP contribution in [0, 0.1) is 5.92 Å². The molecule has 2 rings (SSSR count). The average molecular weight is 258 g/mol. The highest BCUT2D eigenvalue weighted by Crippen LogP contribution is 2.31. The molecule has 6 heteroatoms. The maximum atomic E-state index is 10.9. The van der Waals surface area contributed by atoms with Crippen LogP contribution < -0.4 is 5.43 Å². The topological polar surface area (TPSA) is 82.0 Å². The van der Waals surface area contributed by atoms with Gasteiger partial charge in [0, 0.05) is 19.6 Å². The first-order chi connectivity index (χ1) is 8.59. The van der Waals surface area contributed by atoms with Crippen molar-refractivity contribution in [1.82, 2.24) is 10.4 Å². The molecule has 3 N–H and O–H groups in total. The highest BCUT2D eigenvalue weighted by Gasteiger charge is 2.35. The van der Waals surface area contributed by atoms with Gasteiger partial charge in [-0.1, -0.05) is 0 Å². The van der Waals surface area contributed by atoms with Gasteiger partial charge in [0.2, 0.25) is 0 Å². The molecule has 104 valence electrons.